The SMILES string of the molecule is CCN(C=O)/C(CCCc1ccc(-c2cccc(CC=O)c2)cc1)=N\N(C)Cc1ccc(C(C)(C)C)cc1. The lowest BCUT2D eigenvalue weighted by Gasteiger charge is -2.22. The van der Waals surface area contributed by atoms with E-state index < -0.39 is 0 Å². The third kappa shape index (κ3) is 8.41. The standard InChI is InChI=1S/C33H41N3O2/c1-6-36(25-38)32(34-35(5)24-28-15-19-31(20-16-28)33(2,3)4)12-8-9-26-13-17-29(18-14-26)30-11-7-10-27(23-30)21-22-37/h7,10-11,13-20,22-23,25H,6,8-9,12,21,24H2,1-5H3/b34-32-. The zero-order chi connectivity index (χ0) is 27.5. The first-order valence-electron chi connectivity index (χ1n) is 13.5. The van der Waals surface area contributed by atoms with E-state index in [0.717, 1.165) is 54.5 Å². The van der Waals surface area contributed by atoms with Crippen molar-refractivity contribution in [1.29, 1.82) is 0 Å². The van der Waals surface area contributed by atoms with E-state index in [0.29, 0.717) is 19.5 Å². The van der Waals surface area contributed by atoms with Crippen LogP contribution in [0.5, 0.6) is 0 Å². The van der Waals surface area contributed by atoms with Crippen molar-refractivity contribution in [3.05, 3.63) is 95.1 Å². The van der Waals surface area contributed by atoms with E-state index in [1.165, 1.54) is 16.7 Å². The summed E-state index contributed by atoms with van der Waals surface area (Å²) in [4.78, 5) is 24.3. The van der Waals surface area contributed by atoms with E-state index in [4.69, 9.17) is 5.10 Å². The average Bonchev–Trinajstić information content (AvgIpc) is 2.90. The molecule has 3 aromatic carbocycles. The second kappa shape index (κ2) is 13.7. The molecule has 0 aliphatic rings. The van der Waals surface area contributed by atoms with E-state index in [-0.39, 0.29) is 5.41 Å². The molecule has 0 aliphatic carbocycles. The minimum atomic E-state index is 0.129. The molecule has 0 heterocycles. The summed E-state index contributed by atoms with van der Waals surface area (Å²) in [6.07, 6.45) is 4.76. The predicted molar refractivity (Wildman–Crippen MR) is 157 cm³/mol. The van der Waals surface area contributed by atoms with Gasteiger partial charge in [-0.2, -0.15) is 5.10 Å². The molecule has 0 aromatic heterocycles. The van der Waals surface area contributed by atoms with Crippen LogP contribution in [0, 0.1) is 0 Å². The Bertz CT molecular complexity index is 1210. The number of carbonyl (C=O) groups is 2. The number of aldehydes is 1. The van der Waals surface area contributed by atoms with Gasteiger partial charge < -0.3 is 9.69 Å². The Balaban J connectivity index is 1.62. The number of rotatable bonds is 12. The average molecular weight is 512 g/mol. The monoisotopic (exact) mass is 511 g/mol. The predicted octanol–water partition coefficient (Wildman–Crippen LogP) is 6.64. The van der Waals surface area contributed by atoms with E-state index >= 15 is 0 Å². The van der Waals surface area contributed by atoms with Gasteiger partial charge in [0.05, 0.1) is 6.54 Å². The Morgan fingerprint density at radius 2 is 1.55 bits per heavy atom. The number of carbonyl (C=O) groups excluding carboxylic acids is 2. The molecule has 1 amide bonds. The van der Waals surface area contributed by atoms with Crippen molar-refractivity contribution >= 4 is 18.5 Å². The quantitative estimate of drug-likeness (QED) is 0.119. The van der Waals surface area contributed by atoms with E-state index in [1.807, 2.05) is 31.1 Å². The van der Waals surface area contributed by atoms with Crippen molar-refractivity contribution in [2.45, 2.75) is 65.3 Å². The Labute approximate surface area is 228 Å². The first-order chi connectivity index (χ1) is 18.2. The molecular weight excluding hydrogens is 470 g/mol. The van der Waals surface area contributed by atoms with Gasteiger partial charge in [0.15, 0.2) is 0 Å². The van der Waals surface area contributed by atoms with Gasteiger partial charge in [-0.05, 0) is 58.6 Å². The van der Waals surface area contributed by atoms with Gasteiger partial charge in [0, 0.05) is 26.4 Å². The van der Waals surface area contributed by atoms with Crippen LogP contribution in [0.1, 0.15) is 62.8 Å². The number of nitrogens with zero attached hydrogens (tertiary/aromatic N) is 3. The van der Waals surface area contributed by atoms with Gasteiger partial charge in [-0.3, -0.25) is 9.80 Å². The summed E-state index contributed by atoms with van der Waals surface area (Å²) < 4.78 is 0. The maximum absolute atomic E-state index is 11.7. The van der Waals surface area contributed by atoms with Crippen molar-refractivity contribution in [3.8, 4) is 11.1 Å². The molecule has 0 bridgehead atoms. The third-order valence-electron chi connectivity index (χ3n) is 6.72. The minimum Gasteiger partial charge on any atom is -0.303 e. The third-order valence-corrected chi connectivity index (χ3v) is 6.72. The Morgan fingerprint density at radius 1 is 0.868 bits per heavy atom. The molecule has 3 aromatic rings. The second-order valence-electron chi connectivity index (χ2n) is 10.8. The summed E-state index contributed by atoms with van der Waals surface area (Å²) in [6, 6.07) is 25.4. The van der Waals surface area contributed by atoms with E-state index in [1.54, 1.807) is 4.90 Å². The summed E-state index contributed by atoms with van der Waals surface area (Å²) >= 11 is 0. The smallest absolute Gasteiger partial charge is 0.215 e. The molecule has 0 fully saturated rings. The Morgan fingerprint density at radius 3 is 2.16 bits per heavy atom. The van der Waals surface area contributed by atoms with Crippen molar-refractivity contribution in [3.63, 3.8) is 0 Å². The number of hydrogen-bond donors (Lipinski definition) is 0. The molecule has 5 heteroatoms. The number of hydrogen-bond acceptors (Lipinski definition) is 4. The van der Waals surface area contributed by atoms with Crippen LogP contribution in [0.25, 0.3) is 11.1 Å². The van der Waals surface area contributed by atoms with Crippen LogP contribution in [-0.2, 0) is 34.4 Å². The molecule has 0 spiro atoms. The molecular formula is C33H41N3O2. The molecule has 0 radical (unpaired) electrons. The number of benzene rings is 3. The highest BCUT2D eigenvalue weighted by Crippen LogP contribution is 2.23. The van der Waals surface area contributed by atoms with Crippen LogP contribution in [-0.4, -0.2) is 42.0 Å². The maximum atomic E-state index is 11.7. The van der Waals surface area contributed by atoms with Crippen molar-refractivity contribution < 1.29 is 9.59 Å². The summed E-state index contributed by atoms with van der Waals surface area (Å²) in [5.74, 6) is 0.792. The Hall–Kier alpha value is -3.73. The van der Waals surface area contributed by atoms with Crippen molar-refractivity contribution in [2.75, 3.05) is 13.6 Å². The van der Waals surface area contributed by atoms with Crippen LogP contribution in [0.15, 0.2) is 77.9 Å². The molecule has 0 saturated heterocycles. The molecule has 0 unspecified atom stereocenters. The fourth-order valence-electron chi connectivity index (χ4n) is 4.46. The van der Waals surface area contributed by atoms with E-state index in [2.05, 4.69) is 81.4 Å². The number of aryl methyl sites for hydroxylation is 1. The van der Waals surface area contributed by atoms with Gasteiger partial charge in [0.25, 0.3) is 0 Å². The van der Waals surface area contributed by atoms with Gasteiger partial charge in [-0.1, -0.05) is 93.6 Å². The lowest BCUT2D eigenvalue weighted by Crippen LogP contribution is -2.31. The molecule has 5 nitrogen and oxygen atoms in total. The van der Waals surface area contributed by atoms with Crippen LogP contribution < -0.4 is 0 Å². The second-order valence-corrected chi connectivity index (χ2v) is 10.8. The van der Waals surface area contributed by atoms with Crippen LogP contribution in [0.2, 0.25) is 0 Å². The van der Waals surface area contributed by atoms with Gasteiger partial charge >= 0.3 is 0 Å². The minimum absolute atomic E-state index is 0.129. The zero-order valence-electron chi connectivity index (χ0n) is 23.5. The largest absolute Gasteiger partial charge is 0.303 e. The van der Waals surface area contributed by atoms with Crippen LogP contribution in [0.4, 0.5) is 0 Å². The molecule has 38 heavy (non-hydrogen) atoms. The number of amides is 1. The maximum Gasteiger partial charge on any atom is 0.215 e. The molecule has 0 atom stereocenters. The summed E-state index contributed by atoms with van der Waals surface area (Å²) in [6.45, 7) is 9.89. The topological polar surface area (TPSA) is 53.0 Å². The molecule has 0 saturated carbocycles. The lowest BCUT2D eigenvalue weighted by molar-refractivity contribution is -0.114. The van der Waals surface area contributed by atoms with Crippen LogP contribution >= 0.6 is 0 Å². The fourth-order valence-corrected chi connectivity index (χ4v) is 4.46. The van der Waals surface area contributed by atoms with Gasteiger partial charge in [-0.15, -0.1) is 0 Å². The van der Waals surface area contributed by atoms with Gasteiger partial charge in [0.1, 0.15) is 12.1 Å². The Kier molecular flexibility index (Phi) is 10.4. The van der Waals surface area contributed by atoms with Gasteiger partial charge in [0.2, 0.25) is 6.41 Å². The fraction of sp³-hybridized carbons (Fsp3) is 0.364. The number of amidine groups is 1. The molecule has 3 rings (SSSR count). The van der Waals surface area contributed by atoms with Crippen molar-refractivity contribution in [1.82, 2.24) is 9.91 Å². The summed E-state index contributed by atoms with van der Waals surface area (Å²) in [5, 5.41) is 6.73. The first-order valence-corrected chi connectivity index (χ1v) is 13.5. The highest BCUT2D eigenvalue weighted by atomic mass is 16.1. The highest BCUT2D eigenvalue weighted by Gasteiger charge is 2.14. The molecule has 200 valence electrons. The summed E-state index contributed by atoms with van der Waals surface area (Å²) in [7, 11) is 1.96. The summed E-state index contributed by atoms with van der Waals surface area (Å²) in [5.41, 5.74) is 7.16. The lowest BCUT2D eigenvalue weighted by atomic mass is 9.87. The normalized spacial score (nSPS) is 11.8. The van der Waals surface area contributed by atoms with Gasteiger partial charge in [-0.25, -0.2) is 0 Å². The number of hydrazone groups is 1. The first kappa shape index (κ1) is 28.8. The zero-order valence-corrected chi connectivity index (χ0v) is 23.5. The van der Waals surface area contributed by atoms with E-state index in [9.17, 15) is 9.59 Å². The van der Waals surface area contributed by atoms with Crippen molar-refractivity contribution in [2.24, 2.45) is 5.10 Å². The highest BCUT2D eigenvalue weighted by molar-refractivity contribution is 5.90. The van der Waals surface area contributed by atoms with Crippen LogP contribution in [0.3, 0.4) is 0 Å². The molecule has 0 aliphatic heterocycles. The molecule has 0 N–H and O–H groups in total.